The highest BCUT2D eigenvalue weighted by Crippen LogP contribution is 2.34. The summed E-state index contributed by atoms with van der Waals surface area (Å²) in [6.07, 6.45) is -0.196. The Hall–Kier alpha value is -2.00. The van der Waals surface area contributed by atoms with E-state index in [9.17, 15) is 8.78 Å². The standard InChI is InChI=1S/C18H19ClF2N6S/c1-11(2)28-17-22-15(26-8-7-18(20,21)10-26)14-16(23-17)27(25-24-14)9-12-5-3-4-6-13(12)19/h3-6,11H,7-10H2,1-2H3. The van der Waals surface area contributed by atoms with Gasteiger partial charge in [-0.25, -0.2) is 23.4 Å². The first-order chi connectivity index (χ1) is 13.3. The van der Waals surface area contributed by atoms with Crippen LogP contribution in [0.5, 0.6) is 0 Å². The highest BCUT2D eigenvalue weighted by molar-refractivity contribution is 7.99. The zero-order valence-corrected chi connectivity index (χ0v) is 17.0. The maximum atomic E-state index is 13.8. The molecule has 1 saturated heterocycles. The van der Waals surface area contributed by atoms with Crippen LogP contribution in [-0.2, 0) is 6.54 Å². The van der Waals surface area contributed by atoms with Crippen LogP contribution in [0.4, 0.5) is 14.6 Å². The Morgan fingerprint density at radius 1 is 1.25 bits per heavy atom. The van der Waals surface area contributed by atoms with E-state index in [2.05, 4.69) is 20.3 Å². The number of aromatic nitrogens is 5. The van der Waals surface area contributed by atoms with Crippen LogP contribution in [0.15, 0.2) is 29.4 Å². The SMILES string of the molecule is CC(C)Sc1nc(N2CCC(F)(F)C2)c2nnn(Cc3ccccc3Cl)c2n1. The van der Waals surface area contributed by atoms with Crippen molar-refractivity contribution in [1.29, 1.82) is 0 Å². The van der Waals surface area contributed by atoms with Crippen molar-refractivity contribution in [2.24, 2.45) is 0 Å². The van der Waals surface area contributed by atoms with Crippen molar-refractivity contribution >= 4 is 40.3 Å². The molecule has 0 unspecified atom stereocenters. The molecule has 4 rings (SSSR count). The van der Waals surface area contributed by atoms with Crippen LogP contribution >= 0.6 is 23.4 Å². The van der Waals surface area contributed by atoms with E-state index in [0.29, 0.717) is 33.7 Å². The minimum absolute atomic E-state index is 0.196. The van der Waals surface area contributed by atoms with Gasteiger partial charge in [0.05, 0.1) is 13.1 Å². The minimum Gasteiger partial charge on any atom is -0.348 e. The predicted molar refractivity (Wildman–Crippen MR) is 106 cm³/mol. The van der Waals surface area contributed by atoms with E-state index < -0.39 is 5.92 Å². The van der Waals surface area contributed by atoms with Gasteiger partial charge in [0.15, 0.2) is 22.1 Å². The van der Waals surface area contributed by atoms with Crippen molar-refractivity contribution in [2.45, 2.75) is 43.1 Å². The van der Waals surface area contributed by atoms with Crippen LogP contribution in [0.25, 0.3) is 11.2 Å². The summed E-state index contributed by atoms with van der Waals surface area (Å²) in [5.41, 5.74) is 1.82. The Morgan fingerprint density at radius 2 is 2.04 bits per heavy atom. The van der Waals surface area contributed by atoms with Gasteiger partial charge < -0.3 is 4.90 Å². The van der Waals surface area contributed by atoms with Gasteiger partial charge in [-0.3, -0.25) is 0 Å². The molecule has 1 fully saturated rings. The number of hydrogen-bond donors (Lipinski definition) is 0. The quantitative estimate of drug-likeness (QED) is 0.450. The maximum absolute atomic E-state index is 13.8. The molecule has 0 saturated carbocycles. The van der Waals surface area contributed by atoms with Gasteiger partial charge in [-0.1, -0.05) is 60.6 Å². The molecule has 1 aromatic carbocycles. The van der Waals surface area contributed by atoms with Crippen LogP contribution in [0.2, 0.25) is 5.02 Å². The number of anilines is 1. The van der Waals surface area contributed by atoms with Crippen molar-refractivity contribution in [3.63, 3.8) is 0 Å². The van der Waals surface area contributed by atoms with Crippen molar-refractivity contribution < 1.29 is 8.78 Å². The summed E-state index contributed by atoms with van der Waals surface area (Å²) in [7, 11) is 0. The zero-order valence-electron chi connectivity index (χ0n) is 15.4. The first-order valence-electron chi connectivity index (χ1n) is 8.96. The van der Waals surface area contributed by atoms with E-state index >= 15 is 0 Å². The lowest BCUT2D eigenvalue weighted by molar-refractivity contribution is 0.0257. The molecular formula is C18H19ClF2N6S. The summed E-state index contributed by atoms with van der Waals surface area (Å²) in [4.78, 5) is 10.7. The van der Waals surface area contributed by atoms with Gasteiger partial charge in [-0.15, -0.1) is 5.10 Å². The number of nitrogens with zero attached hydrogens (tertiary/aromatic N) is 6. The average molecular weight is 425 g/mol. The van der Waals surface area contributed by atoms with Gasteiger partial charge in [0.2, 0.25) is 0 Å². The van der Waals surface area contributed by atoms with Crippen LogP contribution in [-0.4, -0.2) is 49.2 Å². The molecule has 10 heteroatoms. The molecule has 1 aliphatic rings. The molecule has 1 aliphatic heterocycles. The zero-order chi connectivity index (χ0) is 19.9. The summed E-state index contributed by atoms with van der Waals surface area (Å²) in [6.45, 7) is 4.29. The van der Waals surface area contributed by atoms with Gasteiger partial charge in [0.1, 0.15) is 0 Å². The van der Waals surface area contributed by atoms with Crippen molar-refractivity contribution in [2.75, 3.05) is 18.0 Å². The molecule has 0 spiro atoms. The molecule has 0 radical (unpaired) electrons. The highest BCUT2D eigenvalue weighted by Gasteiger charge is 2.40. The smallest absolute Gasteiger partial charge is 0.266 e. The lowest BCUT2D eigenvalue weighted by Gasteiger charge is -2.18. The molecule has 0 atom stereocenters. The number of fused-ring (bicyclic) bond motifs is 1. The summed E-state index contributed by atoms with van der Waals surface area (Å²) in [6, 6.07) is 7.47. The Bertz CT molecular complexity index is 1010. The molecule has 148 valence electrons. The number of thioether (sulfide) groups is 1. The van der Waals surface area contributed by atoms with Crippen molar-refractivity contribution in [3.8, 4) is 0 Å². The third-order valence-corrected chi connectivity index (χ3v) is 5.65. The second-order valence-corrected chi connectivity index (χ2v) is 8.99. The monoisotopic (exact) mass is 424 g/mol. The number of benzene rings is 1. The number of alkyl halides is 2. The first-order valence-corrected chi connectivity index (χ1v) is 10.2. The summed E-state index contributed by atoms with van der Waals surface area (Å²) >= 11 is 7.75. The molecule has 3 aromatic rings. The number of hydrogen-bond acceptors (Lipinski definition) is 6. The Balaban J connectivity index is 1.78. The van der Waals surface area contributed by atoms with Gasteiger partial charge >= 0.3 is 0 Å². The molecule has 0 N–H and O–H groups in total. The minimum atomic E-state index is -2.73. The van der Waals surface area contributed by atoms with E-state index in [4.69, 9.17) is 11.6 Å². The largest absolute Gasteiger partial charge is 0.348 e. The normalized spacial score (nSPS) is 16.4. The third-order valence-electron chi connectivity index (χ3n) is 4.41. The van der Waals surface area contributed by atoms with Crippen molar-refractivity contribution in [1.82, 2.24) is 25.0 Å². The van der Waals surface area contributed by atoms with E-state index in [-0.39, 0.29) is 24.8 Å². The summed E-state index contributed by atoms with van der Waals surface area (Å²) in [5.74, 6) is -2.31. The number of rotatable bonds is 5. The lowest BCUT2D eigenvalue weighted by Crippen LogP contribution is -2.26. The molecule has 6 nitrogen and oxygen atoms in total. The Kier molecular flexibility index (Phi) is 5.13. The maximum Gasteiger partial charge on any atom is 0.266 e. The van der Waals surface area contributed by atoms with Gasteiger partial charge in [0, 0.05) is 23.2 Å². The molecule has 3 heterocycles. The fourth-order valence-corrected chi connectivity index (χ4v) is 4.01. The Labute approximate surface area is 170 Å². The molecular weight excluding hydrogens is 406 g/mol. The first kappa shape index (κ1) is 19.3. The van der Waals surface area contributed by atoms with E-state index in [1.54, 1.807) is 9.58 Å². The fraction of sp³-hybridized carbons (Fsp3) is 0.444. The summed E-state index contributed by atoms with van der Waals surface area (Å²) < 4.78 is 29.2. The van der Waals surface area contributed by atoms with Crippen LogP contribution in [0.3, 0.4) is 0 Å². The fourth-order valence-electron chi connectivity index (χ4n) is 3.12. The predicted octanol–water partition coefficient (Wildman–Crippen LogP) is 4.27. The Morgan fingerprint density at radius 3 is 2.71 bits per heavy atom. The van der Waals surface area contributed by atoms with Crippen molar-refractivity contribution in [3.05, 3.63) is 34.9 Å². The van der Waals surface area contributed by atoms with E-state index in [0.717, 1.165) is 5.56 Å². The molecule has 0 amide bonds. The van der Waals surface area contributed by atoms with Gasteiger partial charge in [-0.2, -0.15) is 0 Å². The molecule has 2 aromatic heterocycles. The lowest BCUT2D eigenvalue weighted by atomic mass is 10.2. The van der Waals surface area contributed by atoms with Crippen LogP contribution in [0, 0.1) is 0 Å². The van der Waals surface area contributed by atoms with Gasteiger partial charge in [-0.05, 0) is 11.6 Å². The second kappa shape index (κ2) is 7.44. The molecule has 0 aliphatic carbocycles. The van der Waals surface area contributed by atoms with E-state index in [1.807, 2.05) is 38.1 Å². The van der Waals surface area contributed by atoms with Crippen LogP contribution < -0.4 is 4.90 Å². The summed E-state index contributed by atoms with van der Waals surface area (Å²) in [5, 5.41) is 9.80. The second-order valence-electron chi connectivity index (χ2n) is 7.03. The molecule has 28 heavy (non-hydrogen) atoms. The van der Waals surface area contributed by atoms with E-state index in [1.165, 1.54) is 11.8 Å². The third kappa shape index (κ3) is 3.91. The average Bonchev–Trinajstić information content (AvgIpc) is 3.19. The van der Waals surface area contributed by atoms with Crippen LogP contribution in [0.1, 0.15) is 25.8 Å². The van der Waals surface area contributed by atoms with Gasteiger partial charge in [0.25, 0.3) is 5.92 Å². The highest BCUT2D eigenvalue weighted by atomic mass is 35.5. The molecule has 0 bridgehead atoms. The topological polar surface area (TPSA) is 59.7 Å². The number of halogens is 3.